The first-order valence-corrected chi connectivity index (χ1v) is 8.40. The van der Waals surface area contributed by atoms with E-state index in [2.05, 4.69) is 25.4 Å². The van der Waals surface area contributed by atoms with Crippen LogP contribution in [-0.4, -0.2) is 30.6 Å². The van der Waals surface area contributed by atoms with Crippen LogP contribution in [0.15, 0.2) is 43.0 Å². The van der Waals surface area contributed by atoms with E-state index in [-0.39, 0.29) is 19.4 Å². The van der Waals surface area contributed by atoms with Gasteiger partial charge in [-0.15, -0.1) is 0 Å². The molecule has 2 aromatic heterocycles. The molecule has 27 heavy (non-hydrogen) atoms. The van der Waals surface area contributed by atoms with Crippen LogP contribution in [0.2, 0.25) is 0 Å². The minimum absolute atomic E-state index is 0. The third kappa shape index (κ3) is 4.13. The van der Waals surface area contributed by atoms with Crippen molar-refractivity contribution in [2.24, 2.45) is 0 Å². The van der Waals surface area contributed by atoms with E-state index in [0.717, 1.165) is 18.4 Å². The standard InChI is InChI=1S/C18H17FN6O.H2S/c1-11(16-22-10-23-25(16)18-20-5-2-6-21-18)24-17(26)14-7-13(12-3-4-12)8-15(19)9-14;/h2,5-12H,3-4H2,1H3,(H,24,26);1H2/t11-;/m1./s1. The number of carbonyl (C=O) groups excluding carboxylic acids is 1. The monoisotopic (exact) mass is 386 g/mol. The second kappa shape index (κ2) is 7.83. The second-order valence-corrected chi connectivity index (χ2v) is 6.32. The highest BCUT2D eigenvalue weighted by atomic mass is 32.1. The SMILES string of the molecule is C[C@@H](NC(=O)c1cc(F)cc(C2CC2)c1)c1ncnn1-c1ncccn1.S. The molecule has 1 saturated carbocycles. The lowest BCUT2D eigenvalue weighted by Crippen LogP contribution is -2.29. The maximum atomic E-state index is 13.8. The number of hydrogen-bond acceptors (Lipinski definition) is 5. The van der Waals surface area contributed by atoms with E-state index in [4.69, 9.17) is 0 Å². The Kier molecular flexibility index (Phi) is 5.50. The molecule has 3 aromatic rings. The Morgan fingerprint density at radius 1 is 1.22 bits per heavy atom. The van der Waals surface area contributed by atoms with Crippen LogP contribution in [0.25, 0.3) is 5.95 Å². The lowest BCUT2D eigenvalue weighted by Gasteiger charge is -2.14. The first-order chi connectivity index (χ1) is 12.6. The fraction of sp³-hybridized carbons (Fsp3) is 0.278. The lowest BCUT2D eigenvalue weighted by molar-refractivity contribution is 0.0937. The number of benzene rings is 1. The summed E-state index contributed by atoms with van der Waals surface area (Å²) in [6.45, 7) is 1.78. The summed E-state index contributed by atoms with van der Waals surface area (Å²) in [5.41, 5.74) is 1.18. The number of rotatable bonds is 5. The van der Waals surface area contributed by atoms with Gasteiger partial charge in [0.2, 0.25) is 0 Å². The van der Waals surface area contributed by atoms with Gasteiger partial charge in [-0.3, -0.25) is 4.79 Å². The quantitative estimate of drug-likeness (QED) is 0.729. The molecule has 7 nitrogen and oxygen atoms in total. The van der Waals surface area contributed by atoms with Gasteiger partial charge in [0.25, 0.3) is 11.9 Å². The molecule has 0 aliphatic heterocycles. The Morgan fingerprint density at radius 3 is 2.67 bits per heavy atom. The molecule has 0 unspecified atom stereocenters. The van der Waals surface area contributed by atoms with E-state index in [9.17, 15) is 9.18 Å². The Labute approximate surface area is 162 Å². The largest absolute Gasteiger partial charge is 0.342 e. The maximum absolute atomic E-state index is 13.8. The molecule has 1 aliphatic rings. The molecule has 9 heteroatoms. The molecule has 4 rings (SSSR count). The summed E-state index contributed by atoms with van der Waals surface area (Å²) in [6.07, 6.45) is 6.66. The number of nitrogens with zero attached hydrogens (tertiary/aromatic N) is 5. The zero-order valence-electron chi connectivity index (χ0n) is 14.6. The highest BCUT2D eigenvalue weighted by Crippen LogP contribution is 2.40. The maximum Gasteiger partial charge on any atom is 0.252 e. The summed E-state index contributed by atoms with van der Waals surface area (Å²) in [7, 11) is 0. The number of carbonyl (C=O) groups is 1. The Balaban J connectivity index is 0.00000210. The minimum Gasteiger partial charge on any atom is -0.342 e. The van der Waals surface area contributed by atoms with Gasteiger partial charge in [0, 0.05) is 18.0 Å². The van der Waals surface area contributed by atoms with Crippen LogP contribution in [-0.2, 0) is 0 Å². The van der Waals surface area contributed by atoms with Crippen molar-refractivity contribution in [1.82, 2.24) is 30.0 Å². The number of halogens is 1. The first-order valence-electron chi connectivity index (χ1n) is 8.40. The van der Waals surface area contributed by atoms with Crippen molar-refractivity contribution >= 4 is 19.4 Å². The molecule has 1 atom stereocenters. The zero-order valence-corrected chi connectivity index (χ0v) is 15.6. The molecular formula is C18H19FN6OS. The fourth-order valence-electron chi connectivity index (χ4n) is 2.84. The minimum atomic E-state index is -0.457. The smallest absolute Gasteiger partial charge is 0.252 e. The highest BCUT2D eigenvalue weighted by Gasteiger charge is 2.25. The van der Waals surface area contributed by atoms with Crippen molar-refractivity contribution in [3.8, 4) is 5.95 Å². The number of aromatic nitrogens is 5. The predicted octanol–water partition coefficient (Wildman–Crippen LogP) is 2.68. The average Bonchev–Trinajstić information content (AvgIpc) is 3.38. The third-order valence-corrected chi connectivity index (χ3v) is 4.28. The normalized spacial score (nSPS) is 14.3. The van der Waals surface area contributed by atoms with Crippen molar-refractivity contribution in [2.45, 2.75) is 31.7 Å². The molecule has 1 fully saturated rings. The third-order valence-electron chi connectivity index (χ3n) is 4.28. The number of amides is 1. The molecule has 2 heterocycles. The van der Waals surface area contributed by atoms with Crippen LogP contribution in [0.3, 0.4) is 0 Å². The molecule has 1 aromatic carbocycles. The van der Waals surface area contributed by atoms with Gasteiger partial charge in [-0.1, -0.05) is 0 Å². The molecule has 1 N–H and O–H groups in total. The summed E-state index contributed by atoms with van der Waals surface area (Å²) < 4.78 is 15.3. The summed E-state index contributed by atoms with van der Waals surface area (Å²) in [6, 6.07) is 5.75. The van der Waals surface area contributed by atoms with Crippen LogP contribution in [0.5, 0.6) is 0 Å². The zero-order chi connectivity index (χ0) is 18.1. The van der Waals surface area contributed by atoms with Crippen molar-refractivity contribution in [1.29, 1.82) is 0 Å². The molecule has 1 aliphatic carbocycles. The van der Waals surface area contributed by atoms with Crippen LogP contribution >= 0.6 is 13.5 Å². The van der Waals surface area contributed by atoms with E-state index in [1.807, 2.05) is 0 Å². The van der Waals surface area contributed by atoms with Gasteiger partial charge in [-0.05, 0) is 55.5 Å². The summed E-state index contributed by atoms with van der Waals surface area (Å²) in [4.78, 5) is 25.1. The van der Waals surface area contributed by atoms with Crippen LogP contribution in [0, 0.1) is 5.82 Å². The first kappa shape index (κ1) is 19.0. The van der Waals surface area contributed by atoms with Gasteiger partial charge in [0.15, 0.2) is 5.82 Å². The summed E-state index contributed by atoms with van der Waals surface area (Å²) in [5, 5.41) is 6.95. The van der Waals surface area contributed by atoms with Gasteiger partial charge in [-0.25, -0.2) is 19.3 Å². The predicted molar refractivity (Wildman–Crippen MR) is 102 cm³/mol. The molecule has 0 bridgehead atoms. The van der Waals surface area contributed by atoms with Crippen molar-refractivity contribution in [3.63, 3.8) is 0 Å². The Hall–Kier alpha value is -2.81. The molecular weight excluding hydrogens is 367 g/mol. The number of nitrogens with one attached hydrogen (secondary N) is 1. The van der Waals surface area contributed by atoms with Crippen molar-refractivity contribution in [3.05, 3.63) is 65.8 Å². The Bertz CT molecular complexity index is 944. The highest BCUT2D eigenvalue weighted by molar-refractivity contribution is 7.59. The fourth-order valence-corrected chi connectivity index (χ4v) is 2.84. The summed E-state index contributed by atoms with van der Waals surface area (Å²) >= 11 is 0. The van der Waals surface area contributed by atoms with Gasteiger partial charge in [0.05, 0.1) is 6.04 Å². The average molecular weight is 386 g/mol. The summed E-state index contributed by atoms with van der Waals surface area (Å²) in [5.74, 6) is 0.467. The Morgan fingerprint density at radius 2 is 1.96 bits per heavy atom. The lowest BCUT2D eigenvalue weighted by atomic mass is 10.1. The van der Waals surface area contributed by atoms with E-state index < -0.39 is 11.9 Å². The molecule has 0 radical (unpaired) electrons. The van der Waals surface area contributed by atoms with Crippen molar-refractivity contribution < 1.29 is 9.18 Å². The molecule has 140 valence electrons. The van der Waals surface area contributed by atoms with Crippen LogP contribution in [0.4, 0.5) is 4.39 Å². The molecule has 0 saturated heterocycles. The van der Waals surface area contributed by atoms with Crippen LogP contribution < -0.4 is 5.32 Å². The second-order valence-electron chi connectivity index (χ2n) is 6.32. The van der Waals surface area contributed by atoms with E-state index >= 15 is 0 Å². The van der Waals surface area contributed by atoms with Gasteiger partial charge >= 0.3 is 0 Å². The van der Waals surface area contributed by atoms with Gasteiger partial charge in [-0.2, -0.15) is 23.3 Å². The van der Waals surface area contributed by atoms with E-state index in [0.29, 0.717) is 23.3 Å². The van der Waals surface area contributed by atoms with E-state index in [1.54, 1.807) is 31.5 Å². The van der Waals surface area contributed by atoms with Crippen molar-refractivity contribution in [2.75, 3.05) is 0 Å². The molecule has 0 spiro atoms. The molecule has 1 amide bonds. The van der Waals surface area contributed by atoms with Gasteiger partial charge < -0.3 is 5.32 Å². The van der Waals surface area contributed by atoms with E-state index in [1.165, 1.54) is 23.1 Å². The topological polar surface area (TPSA) is 85.6 Å². The number of hydrogen-bond donors (Lipinski definition) is 1. The van der Waals surface area contributed by atoms with Crippen LogP contribution in [0.1, 0.15) is 53.5 Å². The van der Waals surface area contributed by atoms with Gasteiger partial charge in [0.1, 0.15) is 12.1 Å².